The molecule has 0 spiro atoms. The van der Waals surface area contributed by atoms with Gasteiger partial charge >= 0.3 is 0 Å². The molecule has 9 rings (SSSR count). The van der Waals surface area contributed by atoms with Crippen molar-refractivity contribution in [1.82, 2.24) is 9.13 Å². The second kappa shape index (κ2) is 9.86. The first kappa shape index (κ1) is 24.7. The van der Waals surface area contributed by atoms with E-state index in [9.17, 15) is 0 Å². The zero-order valence-electron chi connectivity index (χ0n) is 24.1. The van der Waals surface area contributed by atoms with Crippen molar-refractivity contribution in [3.63, 3.8) is 0 Å². The number of hydrogen-bond acceptors (Lipinski definition) is 0. The van der Waals surface area contributed by atoms with Crippen LogP contribution in [0.4, 0.5) is 0 Å². The van der Waals surface area contributed by atoms with Crippen LogP contribution in [0.1, 0.15) is 0 Å². The normalized spacial score (nSPS) is 11.6. The van der Waals surface area contributed by atoms with Gasteiger partial charge in [0.1, 0.15) is 0 Å². The summed E-state index contributed by atoms with van der Waals surface area (Å²) in [4.78, 5) is 0. The Kier molecular flexibility index (Phi) is 5.54. The highest BCUT2D eigenvalue weighted by atomic mass is 15.0. The summed E-state index contributed by atoms with van der Waals surface area (Å²) < 4.78 is 4.79. The molecule has 2 heterocycles. The van der Waals surface area contributed by atoms with Gasteiger partial charge in [-0.1, -0.05) is 115 Å². The zero-order valence-corrected chi connectivity index (χ0v) is 24.1. The van der Waals surface area contributed by atoms with Gasteiger partial charge in [0.25, 0.3) is 0 Å². The molecule has 206 valence electrons. The zero-order chi connectivity index (χ0) is 29.0. The van der Waals surface area contributed by atoms with Gasteiger partial charge in [0.15, 0.2) is 0 Å². The minimum Gasteiger partial charge on any atom is -0.309 e. The second-order valence-electron chi connectivity index (χ2n) is 11.4. The lowest BCUT2D eigenvalue weighted by molar-refractivity contribution is 1.17. The number of aromatic nitrogens is 2. The number of rotatable bonds is 4. The lowest BCUT2D eigenvalue weighted by atomic mass is 9.99. The van der Waals surface area contributed by atoms with Crippen molar-refractivity contribution in [2.24, 2.45) is 0 Å². The summed E-state index contributed by atoms with van der Waals surface area (Å²) in [6.45, 7) is 0. The van der Waals surface area contributed by atoms with Crippen LogP contribution in [0.3, 0.4) is 0 Å². The molecule has 0 aliphatic rings. The molecule has 0 aliphatic heterocycles. The predicted octanol–water partition coefficient (Wildman–Crippen LogP) is 11.2. The highest BCUT2D eigenvalue weighted by molar-refractivity contribution is 6.12. The summed E-state index contributed by atoms with van der Waals surface area (Å²) in [6, 6.07) is 61.4. The van der Waals surface area contributed by atoms with E-state index < -0.39 is 0 Å². The van der Waals surface area contributed by atoms with Crippen LogP contribution in [0.25, 0.3) is 77.2 Å². The number of benzene rings is 7. The van der Waals surface area contributed by atoms with Crippen molar-refractivity contribution in [2.75, 3.05) is 0 Å². The van der Waals surface area contributed by atoms with Gasteiger partial charge < -0.3 is 9.13 Å². The first-order valence-corrected chi connectivity index (χ1v) is 15.1. The SMILES string of the molecule is c1ccc(-c2cccc(-c3ccc(-n4c5ccccc5c5cc(-n6c7ccccc7c7ccccc76)ccc54)cc3)c2)cc1. The molecule has 0 saturated heterocycles. The topological polar surface area (TPSA) is 9.86 Å². The molecule has 44 heavy (non-hydrogen) atoms. The molecule has 0 amide bonds. The van der Waals surface area contributed by atoms with E-state index >= 15 is 0 Å². The van der Waals surface area contributed by atoms with Gasteiger partial charge in [-0.05, 0) is 76.9 Å². The van der Waals surface area contributed by atoms with Crippen LogP contribution in [0.2, 0.25) is 0 Å². The van der Waals surface area contributed by atoms with E-state index in [0.717, 1.165) is 5.69 Å². The lowest BCUT2D eigenvalue weighted by Gasteiger charge is -2.11. The van der Waals surface area contributed by atoms with E-state index in [-0.39, 0.29) is 0 Å². The highest BCUT2D eigenvalue weighted by Crippen LogP contribution is 2.37. The number of hydrogen-bond donors (Lipinski definition) is 0. The Morgan fingerprint density at radius 1 is 0.250 bits per heavy atom. The molecule has 2 aromatic heterocycles. The third kappa shape index (κ3) is 3.82. The van der Waals surface area contributed by atoms with Gasteiger partial charge in [-0.3, -0.25) is 0 Å². The van der Waals surface area contributed by atoms with Crippen LogP contribution < -0.4 is 0 Å². The van der Waals surface area contributed by atoms with E-state index in [1.807, 2.05) is 0 Å². The fourth-order valence-corrected chi connectivity index (χ4v) is 6.89. The molecule has 0 saturated carbocycles. The quantitative estimate of drug-likeness (QED) is 0.203. The maximum atomic E-state index is 2.40. The highest BCUT2D eigenvalue weighted by Gasteiger charge is 2.16. The molecule has 0 unspecified atom stereocenters. The van der Waals surface area contributed by atoms with E-state index in [4.69, 9.17) is 0 Å². The average molecular weight is 561 g/mol. The lowest BCUT2D eigenvalue weighted by Crippen LogP contribution is -1.96. The smallest absolute Gasteiger partial charge is 0.0542 e. The molecule has 0 fully saturated rings. The number of fused-ring (bicyclic) bond motifs is 6. The third-order valence-electron chi connectivity index (χ3n) is 8.92. The van der Waals surface area contributed by atoms with Crippen LogP contribution in [-0.2, 0) is 0 Å². The molecule has 2 heteroatoms. The summed E-state index contributed by atoms with van der Waals surface area (Å²) in [6.07, 6.45) is 0. The Morgan fingerprint density at radius 2 is 0.682 bits per heavy atom. The molecule has 0 atom stereocenters. The van der Waals surface area contributed by atoms with Crippen LogP contribution in [0.15, 0.2) is 170 Å². The summed E-state index contributed by atoms with van der Waals surface area (Å²) in [5.41, 5.74) is 12.1. The number of nitrogens with zero attached hydrogens (tertiary/aromatic N) is 2. The molecule has 0 radical (unpaired) electrons. The van der Waals surface area contributed by atoms with Crippen molar-refractivity contribution in [2.45, 2.75) is 0 Å². The Balaban J connectivity index is 1.18. The minimum atomic E-state index is 1.16. The Hall–Kier alpha value is -5.86. The van der Waals surface area contributed by atoms with Gasteiger partial charge in [-0.2, -0.15) is 0 Å². The van der Waals surface area contributed by atoms with Gasteiger partial charge in [-0.25, -0.2) is 0 Å². The Labute approximate surface area is 255 Å². The fraction of sp³-hybridized carbons (Fsp3) is 0. The van der Waals surface area contributed by atoms with Crippen molar-refractivity contribution in [1.29, 1.82) is 0 Å². The van der Waals surface area contributed by atoms with Gasteiger partial charge in [0.2, 0.25) is 0 Å². The van der Waals surface area contributed by atoms with Crippen molar-refractivity contribution >= 4 is 43.6 Å². The van der Waals surface area contributed by atoms with Crippen LogP contribution in [0, 0.1) is 0 Å². The van der Waals surface area contributed by atoms with Gasteiger partial charge in [0, 0.05) is 32.9 Å². The van der Waals surface area contributed by atoms with Crippen molar-refractivity contribution in [3.05, 3.63) is 170 Å². The first-order chi connectivity index (χ1) is 21.8. The summed E-state index contributed by atoms with van der Waals surface area (Å²) in [5.74, 6) is 0. The van der Waals surface area contributed by atoms with Crippen molar-refractivity contribution < 1.29 is 0 Å². The van der Waals surface area contributed by atoms with Crippen LogP contribution >= 0.6 is 0 Å². The summed E-state index contributed by atoms with van der Waals surface area (Å²) >= 11 is 0. The monoisotopic (exact) mass is 560 g/mol. The molecule has 0 aliphatic carbocycles. The molecule has 2 nitrogen and oxygen atoms in total. The van der Waals surface area contributed by atoms with Gasteiger partial charge in [-0.15, -0.1) is 0 Å². The second-order valence-corrected chi connectivity index (χ2v) is 11.4. The molecular formula is C42H28N2. The maximum Gasteiger partial charge on any atom is 0.0542 e. The maximum absolute atomic E-state index is 2.40. The van der Waals surface area contributed by atoms with E-state index in [1.54, 1.807) is 0 Å². The molecule has 0 bridgehead atoms. The molecule has 9 aromatic rings. The van der Waals surface area contributed by atoms with E-state index in [2.05, 4.69) is 179 Å². The van der Waals surface area contributed by atoms with Crippen LogP contribution in [-0.4, -0.2) is 9.13 Å². The van der Waals surface area contributed by atoms with E-state index in [1.165, 1.54) is 71.6 Å². The van der Waals surface area contributed by atoms with Gasteiger partial charge in [0.05, 0.1) is 22.1 Å². The number of para-hydroxylation sites is 3. The molecule has 0 N–H and O–H groups in total. The average Bonchev–Trinajstić information content (AvgIpc) is 3.61. The summed E-state index contributed by atoms with van der Waals surface area (Å²) in [5, 5.41) is 5.06. The third-order valence-corrected chi connectivity index (χ3v) is 8.92. The fourth-order valence-electron chi connectivity index (χ4n) is 6.89. The first-order valence-electron chi connectivity index (χ1n) is 15.1. The Bertz CT molecular complexity index is 2420. The van der Waals surface area contributed by atoms with Crippen LogP contribution in [0.5, 0.6) is 0 Å². The summed E-state index contributed by atoms with van der Waals surface area (Å²) in [7, 11) is 0. The Morgan fingerprint density at radius 3 is 1.30 bits per heavy atom. The predicted molar refractivity (Wildman–Crippen MR) is 186 cm³/mol. The molecule has 7 aromatic carbocycles. The minimum absolute atomic E-state index is 1.16. The standard InChI is InChI=1S/C42H28N2/c1-2-11-29(12-3-1)31-13-10-14-32(27-31)30-21-23-33(24-22-30)43-41-20-9-6-17-37(41)38-28-34(25-26-42(38)43)44-39-18-7-4-15-35(39)36-16-5-8-19-40(36)44/h1-28H. The molecular weight excluding hydrogens is 532 g/mol. The van der Waals surface area contributed by atoms with Crippen molar-refractivity contribution in [3.8, 4) is 33.6 Å². The van der Waals surface area contributed by atoms with E-state index in [0.29, 0.717) is 0 Å². The largest absolute Gasteiger partial charge is 0.309 e.